The number of hydrogen-bond acceptors (Lipinski definition) is 6. The first kappa shape index (κ1) is 17.9. The summed E-state index contributed by atoms with van der Waals surface area (Å²) >= 11 is 3.51. The van der Waals surface area contributed by atoms with Crippen molar-refractivity contribution >= 4 is 27.5 Å². The molecule has 1 N–H and O–H groups in total. The zero-order valence-electron chi connectivity index (χ0n) is 14.5. The van der Waals surface area contributed by atoms with Gasteiger partial charge in [0.2, 0.25) is 6.79 Å². The summed E-state index contributed by atoms with van der Waals surface area (Å²) in [6.45, 7) is 1.15. The number of hydrogen-bond donors (Lipinski definition) is 1. The Morgan fingerprint density at radius 1 is 1.21 bits per heavy atom. The zero-order chi connectivity index (χ0) is 19.7. The second-order valence-electron chi connectivity index (χ2n) is 6.26. The molecule has 2 aliphatic rings. The van der Waals surface area contributed by atoms with Crippen molar-refractivity contribution in [1.82, 2.24) is 4.90 Å². The number of halogens is 1. The largest absolute Gasteiger partial charge is 0.454 e. The number of carbonyl (C=O) groups excluding carboxylic acids is 1. The van der Waals surface area contributed by atoms with E-state index in [4.69, 9.17) is 20.0 Å². The van der Waals surface area contributed by atoms with Crippen LogP contribution >= 0.6 is 15.9 Å². The fourth-order valence-electron chi connectivity index (χ4n) is 3.14. The molecule has 2 aromatic rings. The number of nitrogens with zero attached hydrogens (tertiary/aromatic N) is 3. The molecule has 7 nitrogen and oxygen atoms in total. The summed E-state index contributed by atoms with van der Waals surface area (Å²) < 4.78 is 11.5. The van der Waals surface area contributed by atoms with Crippen LogP contribution in [0.2, 0.25) is 0 Å². The van der Waals surface area contributed by atoms with Crippen LogP contribution < -0.4 is 14.8 Å². The summed E-state index contributed by atoms with van der Waals surface area (Å²) in [5.74, 6) is 1.31. The van der Waals surface area contributed by atoms with Crippen LogP contribution in [0.4, 0.5) is 5.69 Å². The van der Waals surface area contributed by atoms with Crippen molar-refractivity contribution in [2.24, 2.45) is 0 Å². The average molecular weight is 437 g/mol. The van der Waals surface area contributed by atoms with E-state index in [0.29, 0.717) is 35.8 Å². The third-order valence-electron chi connectivity index (χ3n) is 4.50. The van der Waals surface area contributed by atoms with Crippen LogP contribution in [0.25, 0.3) is 0 Å². The highest BCUT2D eigenvalue weighted by atomic mass is 79.9. The molecule has 2 aromatic carbocycles. The first-order valence-corrected chi connectivity index (χ1v) is 9.15. The third-order valence-corrected chi connectivity index (χ3v) is 5.20. The molecule has 0 aromatic heterocycles. The third kappa shape index (κ3) is 3.26. The molecule has 0 bridgehead atoms. The van der Waals surface area contributed by atoms with Crippen molar-refractivity contribution in [2.45, 2.75) is 13.1 Å². The number of nitrogens with one attached hydrogen (secondary N) is 1. The molecule has 0 saturated heterocycles. The van der Waals surface area contributed by atoms with E-state index < -0.39 is 0 Å². The Hall–Kier alpha value is -3.49. The van der Waals surface area contributed by atoms with Crippen LogP contribution in [0, 0.1) is 22.7 Å². The highest BCUT2D eigenvalue weighted by Gasteiger charge is 2.30. The molecule has 0 spiro atoms. The molecule has 0 aliphatic carbocycles. The molecular weight excluding hydrogens is 424 g/mol. The molecule has 1 amide bonds. The molecule has 28 heavy (non-hydrogen) atoms. The molecule has 0 unspecified atom stereocenters. The van der Waals surface area contributed by atoms with Crippen molar-refractivity contribution in [2.75, 3.05) is 12.1 Å². The molecule has 8 heteroatoms. The smallest absolute Gasteiger partial charge is 0.254 e. The van der Waals surface area contributed by atoms with Gasteiger partial charge in [-0.2, -0.15) is 10.5 Å². The second kappa shape index (κ2) is 7.26. The first-order valence-electron chi connectivity index (χ1n) is 8.36. The highest BCUT2D eigenvalue weighted by Crippen LogP contribution is 2.36. The molecular formula is C20H13BrN4O3. The number of benzene rings is 2. The van der Waals surface area contributed by atoms with E-state index in [1.807, 2.05) is 24.3 Å². The van der Waals surface area contributed by atoms with E-state index in [-0.39, 0.29) is 18.3 Å². The Labute approximate surface area is 169 Å². The van der Waals surface area contributed by atoms with Crippen molar-refractivity contribution in [3.63, 3.8) is 0 Å². The molecule has 0 fully saturated rings. The summed E-state index contributed by atoms with van der Waals surface area (Å²) in [5, 5.41) is 20.5. The normalized spacial score (nSPS) is 13.5. The average Bonchev–Trinajstić information content (AvgIpc) is 3.28. The van der Waals surface area contributed by atoms with Crippen molar-refractivity contribution in [3.05, 3.63) is 63.3 Å². The number of ether oxygens (including phenoxy) is 2. The van der Waals surface area contributed by atoms with E-state index in [9.17, 15) is 4.79 Å². The number of anilines is 1. The Kier molecular flexibility index (Phi) is 4.64. The van der Waals surface area contributed by atoms with Gasteiger partial charge in [-0.25, -0.2) is 0 Å². The predicted molar refractivity (Wildman–Crippen MR) is 103 cm³/mol. The van der Waals surface area contributed by atoms with Crippen molar-refractivity contribution in [3.8, 4) is 23.6 Å². The monoisotopic (exact) mass is 436 g/mol. The minimum atomic E-state index is -0.0817. The first-order chi connectivity index (χ1) is 13.6. The van der Waals surface area contributed by atoms with Gasteiger partial charge in [-0.3, -0.25) is 4.79 Å². The predicted octanol–water partition coefficient (Wildman–Crippen LogP) is 3.68. The zero-order valence-corrected chi connectivity index (χ0v) is 16.1. The molecule has 0 atom stereocenters. The van der Waals surface area contributed by atoms with Gasteiger partial charge in [-0.05, 0) is 35.4 Å². The van der Waals surface area contributed by atoms with Gasteiger partial charge in [0.05, 0.1) is 0 Å². The van der Waals surface area contributed by atoms with Crippen molar-refractivity contribution in [1.29, 1.82) is 10.5 Å². The minimum Gasteiger partial charge on any atom is -0.454 e. The summed E-state index contributed by atoms with van der Waals surface area (Å²) in [7, 11) is 0. The number of carbonyl (C=O) groups is 1. The lowest BCUT2D eigenvalue weighted by Crippen LogP contribution is -2.23. The van der Waals surface area contributed by atoms with E-state index in [1.54, 1.807) is 23.1 Å². The molecule has 138 valence electrons. The maximum absolute atomic E-state index is 12.9. The van der Waals surface area contributed by atoms with Crippen LogP contribution in [0.15, 0.2) is 46.6 Å². The molecule has 2 aliphatic heterocycles. The summed E-state index contributed by atoms with van der Waals surface area (Å²) in [6.07, 6.45) is 1.32. The van der Waals surface area contributed by atoms with Crippen molar-refractivity contribution < 1.29 is 14.3 Å². The fraction of sp³-hybridized carbons (Fsp3) is 0.150. The lowest BCUT2D eigenvalue weighted by Gasteiger charge is -2.16. The molecule has 0 saturated carbocycles. The van der Waals surface area contributed by atoms with Gasteiger partial charge in [0.15, 0.2) is 11.5 Å². The quantitative estimate of drug-likeness (QED) is 0.733. The fourth-order valence-corrected chi connectivity index (χ4v) is 3.72. The van der Waals surface area contributed by atoms with E-state index in [1.165, 1.54) is 6.20 Å². The number of amides is 1. The molecule has 2 heterocycles. The van der Waals surface area contributed by atoms with Gasteiger partial charge in [-0.1, -0.05) is 22.0 Å². The van der Waals surface area contributed by atoms with Crippen LogP contribution in [-0.2, 0) is 13.1 Å². The van der Waals surface area contributed by atoms with Crippen LogP contribution in [0.5, 0.6) is 11.5 Å². The van der Waals surface area contributed by atoms with Gasteiger partial charge >= 0.3 is 0 Å². The maximum Gasteiger partial charge on any atom is 0.254 e. The summed E-state index contributed by atoms with van der Waals surface area (Å²) in [5.41, 5.74) is 3.01. The number of nitriles is 2. The highest BCUT2D eigenvalue weighted by molar-refractivity contribution is 9.10. The van der Waals surface area contributed by atoms with Crippen LogP contribution in [0.3, 0.4) is 0 Å². The topological polar surface area (TPSA) is 98.4 Å². The second-order valence-corrected chi connectivity index (χ2v) is 7.11. The SMILES string of the molecule is N#CC(C#N)=CNc1cc(Br)c2c(c1)C(=O)N(Cc1ccc3c(c1)OCO3)C2. The number of fused-ring (bicyclic) bond motifs is 2. The Balaban J connectivity index is 1.55. The Morgan fingerprint density at radius 2 is 2.00 bits per heavy atom. The number of allylic oxidation sites excluding steroid dienone is 1. The van der Waals surface area contributed by atoms with E-state index in [2.05, 4.69) is 21.2 Å². The minimum absolute atomic E-state index is 0.0487. The van der Waals surface area contributed by atoms with Gasteiger partial charge < -0.3 is 19.7 Å². The molecule has 0 radical (unpaired) electrons. The van der Waals surface area contributed by atoms with Crippen LogP contribution in [-0.4, -0.2) is 17.6 Å². The van der Waals surface area contributed by atoms with Gasteiger partial charge in [0.1, 0.15) is 17.7 Å². The molecule has 4 rings (SSSR count). The maximum atomic E-state index is 12.9. The van der Waals surface area contributed by atoms with Gasteiger partial charge in [0.25, 0.3) is 5.91 Å². The lowest BCUT2D eigenvalue weighted by atomic mass is 10.1. The Bertz CT molecular complexity index is 1080. The summed E-state index contributed by atoms with van der Waals surface area (Å²) in [6, 6.07) is 12.8. The van der Waals surface area contributed by atoms with E-state index >= 15 is 0 Å². The summed E-state index contributed by atoms with van der Waals surface area (Å²) in [4.78, 5) is 14.6. The Morgan fingerprint density at radius 3 is 2.79 bits per heavy atom. The van der Waals surface area contributed by atoms with E-state index in [0.717, 1.165) is 15.6 Å². The van der Waals surface area contributed by atoms with Gasteiger partial charge in [0, 0.05) is 35.0 Å². The standard InChI is InChI=1S/C20H13BrN4O3/c21-17-5-14(24-8-13(6-22)7-23)4-15-16(17)10-25(20(15)26)9-12-1-2-18-19(3-12)28-11-27-18/h1-5,8,24H,9-11H2. The lowest BCUT2D eigenvalue weighted by molar-refractivity contribution is 0.0766. The van der Waals surface area contributed by atoms with Gasteiger partial charge in [-0.15, -0.1) is 0 Å². The van der Waals surface area contributed by atoms with Crippen LogP contribution in [0.1, 0.15) is 21.5 Å². The number of rotatable bonds is 4.